The third kappa shape index (κ3) is 3.42. The molecule has 2 heteroatoms. The van der Waals surface area contributed by atoms with Gasteiger partial charge in [0.1, 0.15) is 0 Å². The van der Waals surface area contributed by atoms with Gasteiger partial charge in [-0.2, -0.15) is 0 Å². The molecule has 1 fully saturated rings. The van der Waals surface area contributed by atoms with Gasteiger partial charge in [-0.1, -0.05) is 37.5 Å². The lowest BCUT2D eigenvalue weighted by molar-refractivity contribution is 0.00940. The molecule has 0 amide bonds. The van der Waals surface area contributed by atoms with E-state index in [0.717, 1.165) is 0 Å². The highest BCUT2D eigenvalue weighted by molar-refractivity contribution is 5.32. The SMILES string of the molecule is CNC(c1ccc(C)c(C)c1)C(OC)C1CCCCC1. The normalized spacial score (nSPS) is 19.8. The van der Waals surface area contributed by atoms with Crippen molar-refractivity contribution in [1.29, 1.82) is 0 Å². The Balaban J connectivity index is 2.21. The number of likely N-dealkylation sites (N-methyl/N-ethyl adjacent to an activating group) is 1. The first-order chi connectivity index (χ1) is 9.67. The Hall–Kier alpha value is -0.860. The fourth-order valence-electron chi connectivity index (χ4n) is 3.54. The van der Waals surface area contributed by atoms with Crippen molar-refractivity contribution in [3.63, 3.8) is 0 Å². The van der Waals surface area contributed by atoms with Gasteiger partial charge < -0.3 is 10.1 Å². The van der Waals surface area contributed by atoms with E-state index in [9.17, 15) is 0 Å². The molecule has 0 radical (unpaired) electrons. The highest BCUT2D eigenvalue weighted by atomic mass is 16.5. The van der Waals surface area contributed by atoms with E-state index < -0.39 is 0 Å². The van der Waals surface area contributed by atoms with Crippen molar-refractivity contribution in [3.05, 3.63) is 34.9 Å². The molecular weight excluding hydrogens is 246 g/mol. The zero-order chi connectivity index (χ0) is 14.5. The minimum Gasteiger partial charge on any atom is -0.379 e. The van der Waals surface area contributed by atoms with E-state index in [4.69, 9.17) is 4.74 Å². The zero-order valence-electron chi connectivity index (χ0n) is 13.4. The molecule has 0 saturated heterocycles. The molecule has 112 valence electrons. The van der Waals surface area contributed by atoms with Gasteiger partial charge in [0, 0.05) is 7.11 Å². The molecule has 20 heavy (non-hydrogen) atoms. The van der Waals surface area contributed by atoms with Crippen LogP contribution >= 0.6 is 0 Å². The maximum Gasteiger partial charge on any atom is 0.0793 e. The van der Waals surface area contributed by atoms with E-state index >= 15 is 0 Å². The molecule has 1 aliphatic rings. The van der Waals surface area contributed by atoms with E-state index in [1.165, 1.54) is 48.8 Å². The van der Waals surface area contributed by atoms with Gasteiger partial charge in [-0.25, -0.2) is 0 Å². The van der Waals surface area contributed by atoms with E-state index in [-0.39, 0.29) is 6.10 Å². The Labute approximate surface area is 123 Å². The Bertz CT molecular complexity index is 423. The third-order valence-electron chi connectivity index (χ3n) is 4.92. The average molecular weight is 275 g/mol. The second kappa shape index (κ2) is 7.24. The number of nitrogens with one attached hydrogen (secondary N) is 1. The molecule has 0 bridgehead atoms. The van der Waals surface area contributed by atoms with Gasteiger partial charge in [-0.15, -0.1) is 0 Å². The number of hydrogen-bond acceptors (Lipinski definition) is 2. The summed E-state index contributed by atoms with van der Waals surface area (Å²) < 4.78 is 5.90. The number of aryl methyl sites for hydroxylation is 2. The van der Waals surface area contributed by atoms with Crippen molar-refractivity contribution in [2.24, 2.45) is 5.92 Å². The van der Waals surface area contributed by atoms with Crippen LogP contribution in [0, 0.1) is 19.8 Å². The van der Waals surface area contributed by atoms with Gasteiger partial charge in [0.05, 0.1) is 12.1 Å². The number of rotatable bonds is 5. The van der Waals surface area contributed by atoms with E-state index in [1.54, 1.807) is 0 Å². The Kier molecular flexibility index (Phi) is 5.62. The topological polar surface area (TPSA) is 21.3 Å². The predicted molar refractivity (Wildman–Crippen MR) is 85.1 cm³/mol. The average Bonchev–Trinajstić information content (AvgIpc) is 2.48. The molecule has 2 unspecified atom stereocenters. The van der Waals surface area contributed by atoms with Crippen LogP contribution in [0.4, 0.5) is 0 Å². The Morgan fingerprint density at radius 1 is 1.10 bits per heavy atom. The molecule has 0 aliphatic heterocycles. The predicted octanol–water partition coefficient (Wildman–Crippen LogP) is 4.16. The largest absolute Gasteiger partial charge is 0.379 e. The minimum atomic E-state index is 0.280. The fourth-order valence-corrected chi connectivity index (χ4v) is 3.54. The molecular formula is C18H29NO. The first-order valence-electron chi connectivity index (χ1n) is 7.94. The summed E-state index contributed by atoms with van der Waals surface area (Å²) in [5.41, 5.74) is 4.07. The van der Waals surface area contributed by atoms with Crippen LogP contribution in [0.2, 0.25) is 0 Å². The van der Waals surface area contributed by atoms with Crippen molar-refractivity contribution in [3.8, 4) is 0 Å². The fraction of sp³-hybridized carbons (Fsp3) is 0.667. The Morgan fingerprint density at radius 3 is 2.35 bits per heavy atom. The Morgan fingerprint density at radius 2 is 1.80 bits per heavy atom. The van der Waals surface area contributed by atoms with Crippen molar-refractivity contribution < 1.29 is 4.74 Å². The van der Waals surface area contributed by atoms with Gasteiger partial charge in [0.25, 0.3) is 0 Å². The summed E-state index contributed by atoms with van der Waals surface area (Å²) in [5, 5.41) is 3.49. The van der Waals surface area contributed by atoms with Gasteiger partial charge in [-0.3, -0.25) is 0 Å². The quantitative estimate of drug-likeness (QED) is 0.871. The molecule has 2 nitrogen and oxygen atoms in total. The molecule has 1 saturated carbocycles. The first kappa shape index (κ1) is 15.5. The summed E-state index contributed by atoms with van der Waals surface area (Å²) in [6, 6.07) is 7.08. The summed E-state index contributed by atoms with van der Waals surface area (Å²) in [7, 11) is 3.92. The number of ether oxygens (including phenoxy) is 1. The molecule has 0 spiro atoms. The maximum absolute atomic E-state index is 5.90. The standard InChI is InChI=1S/C18H29NO/c1-13-10-11-16(12-14(13)2)17(19-3)18(20-4)15-8-6-5-7-9-15/h10-12,15,17-19H,5-9H2,1-4H3. The monoisotopic (exact) mass is 275 g/mol. The summed E-state index contributed by atoms with van der Waals surface area (Å²) >= 11 is 0. The summed E-state index contributed by atoms with van der Waals surface area (Å²) in [6.45, 7) is 4.36. The van der Waals surface area contributed by atoms with Crippen LogP contribution in [0.1, 0.15) is 54.8 Å². The summed E-state index contributed by atoms with van der Waals surface area (Å²) in [5.74, 6) is 0.688. The molecule has 0 heterocycles. The van der Waals surface area contributed by atoms with Crippen LogP contribution in [-0.2, 0) is 4.74 Å². The highest BCUT2D eigenvalue weighted by Crippen LogP contribution is 2.34. The van der Waals surface area contributed by atoms with E-state index in [0.29, 0.717) is 12.0 Å². The lowest BCUT2D eigenvalue weighted by atomic mass is 9.80. The van der Waals surface area contributed by atoms with Crippen molar-refractivity contribution in [1.82, 2.24) is 5.32 Å². The van der Waals surface area contributed by atoms with Crippen molar-refractivity contribution >= 4 is 0 Å². The van der Waals surface area contributed by atoms with Gasteiger partial charge in [0.2, 0.25) is 0 Å². The van der Waals surface area contributed by atoms with Crippen LogP contribution in [0.5, 0.6) is 0 Å². The molecule has 2 rings (SSSR count). The van der Waals surface area contributed by atoms with Crippen LogP contribution < -0.4 is 5.32 Å². The lowest BCUT2D eigenvalue weighted by Gasteiger charge is -2.35. The van der Waals surface area contributed by atoms with Crippen LogP contribution in [0.15, 0.2) is 18.2 Å². The van der Waals surface area contributed by atoms with Crippen LogP contribution in [0.3, 0.4) is 0 Å². The molecule has 1 aromatic rings. The molecule has 1 aliphatic carbocycles. The molecule has 1 N–H and O–H groups in total. The zero-order valence-corrected chi connectivity index (χ0v) is 13.4. The van der Waals surface area contributed by atoms with E-state index in [1.807, 2.05) is 7.11 Å². The van der Waals surface area contributed by atoms with Gasteiger partial charge >= 0.3 is 0 Å². The minimum absolute atomic E-state index is 0.280. The van der Waals surface area contributed by atoms with Crippen LogP contribution in [0.25, 0.3) is 0 Å². The van der Waals surface area contributed by atoms with Crippen LogP contribution in [-0.4, -0.2) is 20.3 Å². The lowest BCUT2D eigenvalue weighted by Crippen LogP contribution is -2.37. The van der Waals surface area contributed by atoms with E-state index in [2.05, 4.69) is 44.4 Å². The number of hydrogen-bond donors (Lipinski definition) is 1. The maximum atomic E-state index is 5.90. The van der Waals surface area contributed by atoms with Crippen molar-refractivity contribution in [2.45, 2.75) is 58.1 Å². The molecule has 1 aromatic carbocycles. The van der Waals surface area contributed by atoms with Gasteiger partial charge in [0.15, 0.2) is 0 Å². The third-order valence-corrected chi connectivity index (χ3v) is 4.92. The number of benzene rings is 1. The highest BCUT2D eigenvalue weighted by Gasteiger charge is 2.30. The summed E-state index contributed by atoms with van der Waals surface area (Å²) in [4.78, 5) is 0. The first-order valence-corrected chi connectivity index (χ1v) is 7.94. The van der Waals surface area contributed by atoms with Crippen molar-refractivity contribution in [2.75, 3.05) is 14.2 Å². The second-order valence-electron chi connectivity index (χ2n) is 6.21. The number of methoxy groups -OCH3 is 1. The second-order valence-corrected chi connectivity index (χ2v) is 6.21. The molecule has 0 aromatic heterocycles. The smallest absolute Gasteiger partial charge is 0.0793 e. The summed E-state index contributed by atoms with van der Waals surface area (Å²) in [6.07, 6.45) is 6.99. The van der Waals surface area contributed by atoms with Gasteiger partial charge in [-0.05, 0) is 56.3 Å². The molecule has 2 atom stereocenters.